The van der Waals surface area contributed by atoms with E-state index in [0.29, 0.717) is 13.0 Å². The normalized spacial score (nSPS) is 13.9. The number of benzene rings is 1. The average molecular weight is 465 g/mol. The summed E-state index contributed by atoms with van der Waals surface area (Å²) in [6, 6.07) is 7.59. The molecule has 0 saturated carbocycles. The van der Waals surface area contributed by atoms with Crippen LogP contribution in [0.5, 0.6) is 0 Å². The lowest BCUT2D eigenvalue weighted by molar-refractivity contribution is -0.162. The van der Waals surface area contributed by atoms with Gasteiger partial charge in [-0.3, -0.25) is 14.4 Å². The van der Waals surface area contributed by atoms with Crippen molar-refractivity contribution in [1.82, 2.24) is 0 Å². The Morgan fingerprint density at radius 3 is 2.22 bits per heavy atom. The van der Waals surface area contributed by atoms with Crippen molar-refractivity contribution < 1.29 is 23.9 Å². The fraction of sp³-hybridized carbons (Fsp3) is 0.654. The van der Waals surface area contributed by atoms with E-state index in [1.54, 1.807) is 13.8 Å². The number of hydrogen-bond donors (Lipinski definition) is 0. The van der Waals surface area contributed by atoms with E-state index in [0.717, 1.165) is 29.7 Å². The van der Waals surface area contributed by atoms with Crippen LogP contribution in [0.1, 0.15) is 85.8 Å². The number of rotatable bonds is 11. The molecule has 0 aliphatic heterocycles. The molecule has 0 amide bonds. The van der Waals surface area contributed by atoms with E-state index in [1.807, 2.05) is 52.0 Å². The summed E-state index contributed by atoms with van der Waals surface area (Å²) >= 11 is 1.34. The van der Waals surface area contributed by atoms with Gasteiger partial charge in [-0.25, -0.2) is 0 Å². The van der Waals surface area contributed by atoms with Crippen LogP contribution in [-0.2, 0) is 35.7 Å². The first-order valence-electron chi connectivity index (χ1n) is 11.3. The molecule has 1 atom stereocenters. The monoisotopic (exact) mass is 464 g/mol. The molecule has 0 heterocycles. The molecule has 6 heteroatoms. The maximum atomic E-state index is 13.3. The molecule has 5 nitrogen and oxygen atoms in total. The van der Waals surface area contributed by atoms with E-state index < -0.39 is 11.0 Å². The molecule has 32 heavy (non-hydrogen) atoms. The van der Waals surface area contributed by atoms with Gasteiger partial charge < -0.3 is 9.47 Å². The zero-order chi connectivity index (χ0) is 24.6. The van der Waals surface area contributed by atoms with Gasteiger partial charge in [-0.05, 0) is 64.0 Å². The first kappa shape index (κ1) is 28.2. The lowest BCUT2D eigenvalue weighted by atomic mass is 9.75. The Morgan fingerprint density at radius 2 is 1.66 bits per heavy atom. The van der Waals surface area contributed by atoms with Crippen molar-refractivity contribution in [2.45, 2.75) is 92.1 Å². The summed E-state index contributed by atoms with van der Waals surface area (Å²) in [7, 11) is 0. The highest BCUT2D eigenvalue weighted by Crippen LogP contribution is 2.36. The number of esters is 2. The molecule has 0 spiro atoms. The van der Waals surface area contributed by atoms with Crippen LogP contribution in [0.2, 0.25) is 0 Å². The topological polar surface area (TPSA) is 69.7 Å². The second kappa shape index (κ2) is 11.9. The van der Waals surface area contributed by atoms with Gasteiger partial charge in [0.05, 0.1) is 18.4 Å². The molecule has 0 aliphatic rings. The zero-order valence-corrected chi connectivity index (χ0v) is 21.8. The first-order valence-corrected chi connectivity index (χ1v) is 12.3. The van der Waals surface area contributed by atoms with Gasteiger partial charge in [0.25, 0.3) is 0 Å². The van der Waals surface area contributed by atoms with Gasteiger partial charge in [-0.2, -0.15) is 0 Å². The number of hydrogen-bond acceptors (Lipinski definition) is 6. The summed E-state index contributed by atoms with van der Waals surface area (Å²) in [4.78, 5) is 36.6. The van der Waals surface area contributed by atoms with Gasteiger partial charge in [-0.1, -0.05) is 56.3 Å². The van der Waals surface area contributed by atoms with Crippen LogP contribution >= 0.6 is 11.8 Å². The molecular formula is C26H40O5S. The van der Waals surface area contributed by atoms with Gasteiger partial charge >= 0.3 is 11.9 Å². The Kier molecular flexibility index (Phi) is 10.5. The van der Waals surface area contributed by atoms with E-state index in [9.17, 15) is 14.4 Å². The highest BCUT2D eigenvalue weighted by molar-refractivity contribution is 8.13. The van der Waals surface area contributed by atoms with Crippen molar-refractivity contribution in [3.05, 3.63) is 35.4 Å². The average Bonchev–Trinajstić information content (AvgIpc) is 2.65. The maximum absolute atomic E-state index is 13.3. The summed E-state index contributed by atoms with van der Waals surface area (Å²) in [5, 5.41) is 0.120. The van der Waals surface area contributed by atoms with Crippen molar-refractivity contribution in [3.8, 4) is 0 Å². The van der Waals surface area contributed by atoms with Crippen molar-refractivity contribution in [1.29, 1.82) is 0 Å². The quantitative estimate of drug-likeness (QED) is 0.382. The van der Waals surface area contributed by atoms with Gasteiger partial charge in [-0.15, -0.1) is 0 Å². The number of thioether (sulfide) groups is 1. The van der Waals surface area contributed by atoms with Gasteiger partial charge in [0, 0.05) is 12.7 Å². The van der Waals surface area contributed by atoms with Crippen LogP contribution in [0.3, 0.4) is 0 Å². The first-order chi connectivity index (χ1) is 14.7. The molecule has 1 aromatic carbocycles. The van der Waals surface area contributed by atoms with E-state index >= 15 is 0 Å². The largest absolute Gasteiger partial charge is 0.466 e. The standard InChI is InChI=1S/C26H40O5S/c1-9-30-22(28)17-20-12-10-13-21(16-20)26(8,23(29)31-24(3,4)5)15-11-14-25(6,7)18-32-19(2)27/h10,12-13,16H,9,11,14-15,17-18H2,1-8H3. The molecule has 1 aromatic rings. The predicted molar refractivity (Wildman–Crippen MR) is 131 cm³/mol. The number of ether oxygens (including phenoxy) is 2. The third-order valence-electron chi connectivity index (χ3n) is 5.26. The summed E-state index contributed by atoms with van der Waals surface area (Å²) in [5.41, 5.74) is 0.190. The Hall–Kier alpha value is -1.82. The SMILES string of the molecule is CCOC(=O)Cc1cccc(C(C)(CCCC(C)(C)CSC(C)=O)C(=O)OC(C)(C)C)c1. The Balaban J connectivity index is 3.10. The minimum Gasteiger partial charge on any atom is -0.466 e. The fourth-order valence-corrected chi connectivity index (χ4v) is 4.19. The van der Waals surface area contributed by atoms with E-state index in [4.69, 9.17) is 9.47 Å². The van der Waals surface area contributed by atoms with Gasteiger partial charge in [0.15, 0.2) is 5.12 Å². The third kappa shape index (κ3) is 9.76. The molecular weight excluding hydrogens is 424 g/mol. The number of carbonyl (C=O) groups is 3. The van der Waals surface area contributed by atoms with Crippen molar-refractivity contribution in [3.63, 3.8) is 0 Å². The third-order valence-corrected chi connectivity index (χ3v) is 6.60. The minimum absolute atomic E-state index is 0.0169. The van der Waals surface area contributed by atoms with Crippen molar-refractivity contribution in [2.24, 2.45) is 5.41 Å². The summed E-state index contributed by atoms with van der Waals surface area (Å²) < 4.78 is 10.9. The van der Waals surface area contributed by atoms with Crippen molar-refractivity contribution >= 4 is 28.8 Å². The molecule has 1 unspecified atom stereocenters. The Labute approximate surface area is 198 Å². The molecule has 0 radical (unpaired) electrons. The summed E-state index contributed by atoms with van der Waals surface area (Å²) in [5.74, 6) is 0.197. The lowest BCUT2D eigenvalue weighted by Crippen LogP contribution is -2.39. The molecule has 1 rings (SSSR count). The molecule has 0 saturated heterocycles. The lowest BCUT2D eigenvalue weighted by Gasteiger charge is -2.33. The van der Waals surface area contributed by atoms with E-state index in [-0.39, 0.29) is 28.9 Å². The van der Waals surface area contributed by atoms with Crippen molar-refractivity contribution in [2.75, 3.05) is 12.4 Å². The van der Waals surface area contributed by atoms with Gasteiger partial charge in [0.2, 0.25) is 0 Å². The molecule has 0 bridgehead atoms. The molecule has 180 valence electrons. The van der Waals surface area contributed by atoms with Crippen LogP contribution in [0, 0.1) is 5.41 Å². The maximum Gasteiger partial charge on any atom is 0.316 e. The van der Waals surface area contributed by atoms with Crippen LogP contribution in [0.4, 0.5) is 0 Å². The minimum atomic E-state index is -0.845. The molecule has 0 aliphatic carbocycles. The fourth-order valence-electron chi connectivity index (χ4n) is 3.45. The second-order valence-corrected chi connectivity index (χ2v) is 11.5. The zero-order valence-electron chi connectivity index (χ0n) is 21.0. The van der Waals surface area contributed by atoms with Gasteiger partial charge in [0.1, 0.15) is 5.60 Å². The van der Waals surface area contributed by atoms with E-state index in [1.165, 1.54) is 11.8 Å². The summed E-state index contributed by atoms with van der Waals surface area (Å²) in [6.45, 7) is 15.5. The molecule has 0 fully saturated rings. The Morgan fingerprint density at radius 1 is 1.00 bits per heavy atom. The molecule has 0 N–H and O–H groups in total. The molecule has 0 aromatic heterocycles. The predicted octanol–water partition coefficient (Wildman–Crippen LogP) is 5.87. The summed E-state index contributed by atoms with van der Waals surface area (Å²) in [6.07, 6.45) is 2.47. The highest BCUT2D eigenvalue weighted by Gasteiger charge is 2.39. The van der Waals surface area contributed by atoms with Crippen LogP contribution in [0.15, 0.2) is 24.3 Å². The van der Waals surface area contributed by atoms with Crippen LogP contribution < -0.4 is 0 Å². The number of carbonyl (C=O) groups excluding carboxylic acids is 3. The Bertz CT molecular complexity index is 794. The smallest absolute Gasteiger partial charge is 0.316 e. The van der Waals surface area contributed by atoms with E-state index in [2.05, 4.69) is 13.8 Å². The highest BCUT2D eigenvalue weighted by atomic mass is 32.2. The second-order valence-electron chi connectivity index (χ2n) is 10.3. The van der Waals surface area contributed by atoms with Crippen LogP contribution in [-0.4, -0.2) is 35.0 Å². The van der Waals surface area contributed by atoms with Crippen LogP contribution in [0.25, 0.3) is 0 Å².